The number of halogens is 1. The summed E-state index contributed by atoms with van der Waals surface area (Å²) < 4.78 is 6.10. The molecule has 1 aromatic rings. The van der Waals surface area contributed by atoms with E-state index in [-0.39, 0.29) is 17.6 Å². The van der Waals surface area contributed by atoms with Crippen LogP contribution in [0.2, 0.25) is 0 Å². The number of rotatable bonds is 2. The lowest BCUT2D eigenvalue weighted by Crippen LogP contribution is -2.19. The number of nitrogens with zero attached hydrogens (tertiary/aromatic N) is 1. The van der Waals surface area contributed by atoms with Crippen LogP contribution in [0.4, 0.5) is 5.69 Å². The van der Waals surface area contributed by atoms with E-state index in [0.29, 0.717) is 23.9 Å². The molecule has 0 bridgehead atoms. The van der Waals surface area contributed by atoms with Crippen LogP contribution in [0.1, 0.15) is 24.5 Å². The highest BCUT2D eigenvalue weighted by atomic mass is 79.9. The van der Waals surface area contributed by atoms with Crippen molar-refractivity contribution in [1.29, 1.82) is 0 Å². The number of ketones is 1. The highest BCUT2D eigenvalue weighted by Gasteiger charge is 2.24. The van der Waals surface area contributed by atoms with Gasteiger partial charge in [-0.05, 0) is 11.6 Å². The maximum atomic E-state index is 11.3. The lowest BCUT2D eigenvalue weighted by atomic mass is 10.0. The summed E-state index contributed by atoms with van der Waals surface area (Å²) in [6.07, 6.45) is 0.476. The summed E-state index contributed by atoms with van der Waals surface area (Å²) in [5, 5.41) is 10.6. The molecule has 0 radical (unpaired) electrons. The predicted molar refractivity (Wildman–Crippen MR) is 63.7 cm³/mol. The molecule has 0 aromatic heterocycles. The third kappa shape index (κ3) is 2.70. The first-order chi connectivity index (χ1) is 8.08. The number of non-ortho nitro benzene ring substituents is 1. The van der Waals surface area contributed by atoms with Crippen molar-refractivity contribution < 1.29 is 14.5 Å². The molecule has 1 fully saturated rings. The van der Waals surface area contributed by atoms with Crippen LogP contribution < -0.4 is 0 Å². The van der Waals surface area contributed by atoms with Crippen molar-refractivity contribution in [3.8, 4) is 0 Å². The molecule has 0 N–H and O–H groups in total. The largest absolute Gasteiger partial charge is 0.373 e. The van der Waals surface area contributed by atoms with Gasteiger partial charge in [-0.1, -0.05) is 15.9 Å². The Morgan fingerprint density at radius 2 is 2.24 bits per heavy atom. The van der Waals surface area contributed by atoms with E-state index in [0.717, 1.165) is 5.56 Å². The summed E-state index contributed by atoms with van der Waals surface area (Å²) >= 11 is 3.28. The van der Waals surface area contributed by atoms with Crippen LogP contribution in [0, 0.1) is 10.1 Å². The Morgan fingerprint density at radius 1 is 1.47 bits per heavy atom. The maximum absolute atomic E-state index is 11.3. The van der Waals surface area contributed by atoms with E-state index in [4.69, 9.17) is 4.74 Å². The van der Waals surface area contributed by atoms with Gasteiger partial charge >= 0.3 is 0 Å². The molecule has 1 aliphatic rings. The average Bonchev–Trinajstić information content (AvgIpc) is 2.28. The van der Waals surface area contributed by atoms with Gasteiger partial charge in [0.05, 0.1) is 17.6 Å². The third-order valence-corrected chi connectivity index (χ3v) is 3.34. The Kier molecular flexibility index (Phi) is 3.54. The fraction of sp³-hybridized carbons (Fsp3) is 0.364. The Morgan fingerprint density at radius 3 is 2.82 bits per heavy atom. The molecule has 0 amide bonds. The first-order valence-electron chi connectivity index (χ1n) is 5.15. The standard InChI is InChI=1S/C11H10BrNO4/c12-10-5-7(13(15)16)1-2-9(10)11-6-8(14)3-4-17-11/h1-2,5,11H,3-4,6H2. The van der Waals surface area contributed by atoms with Crippen molar-refractivity contribution in [3.05, 3.63) is 38.3 Å². The van der Waals surface area contributed by atoms with Gasteiger partial charge in [0.25, 0.3) is 5.69 Å². The van der Waals surface area contributed by atoms with Crippen molar-refractivity contribution in [3.63, 3.8) is 0 Å². The monoisotopic (exact) mass is 299 g/mol. The normalized spacial score (nSPS) is 20.3. The summed E-state index contributed by atoms with van der Waals surface area (Å²) in [7, 11) is 0. The van der Waals surface area contributed by atoms with Crippen LogP contribution in [0.25, 0.3) is 0 Å². The number of benzene rings is 1. The van der Waals surface area contributed by atoms with E-state index >= 15 is 0 Å². The molecule has 1 aromatic carbocycles. The predicted octanol–water partition coefficient (Wildman–Crippen LogP) is 2.78. The minimum absolute atomic E-state index is 0.0164. The van der Waals surface area contributed by atoms with Crippen LogP contribution in [-0.2, 0) is 9.53 Å². The summed E-state index contributed by atoms with van der Waals surface area (Å²) in [5.41, 5.74) is 0.798. The fourth-order valence-corrected chi connectivity index (χ4v) is 2.40. The minimum atomic E-state index is -0.457. The van der Waals surface area contributed by atoms with Crippen LogP contribution >= 0.6 is 15.9 Å². The van der Waals surface area contributed by atoms with Gasteiger partial charge in [-0.3, -0.25) is 14.9 Å². The lowest BCUT2D eigenvalue weighted by molar-refractivity contribution is -0.385. The van der Waals surface area contributed by atoms with Gasteiger partial charge in [0.2, 0.25) is 0 Å². The Hall–Kier alpha value is -1.27. The van der Waals surface area contributed by atoms with Gasteiger partial charge < -0.3 is 4.74 Å². The number of hydrogen-bond donors (Lipinski definition) is 0. The van der Waals surface area contributed by atoms with Crippen molar-refractivity contribution in [2.75, 3.05) is 6.61 Å². The highest BCUT2D eigenvalue weighted by molar-refractivity contribution is 9.10. The summed E-state index contributed by atoms with van der Waals surface area (Å²) in [5.74, 6) is 0.159. The first kappa shape index (κ1) is 12.2. The number of ether oxygens (including phenoxy) is 1. The smallest absolute Gasteiger partial charge is 0.270 e. The van der Waals surface area contributed by atoms with Gasteiger partial charge in [0.1, 0.15) is 5.78 Å². The number of carbonyl (C=O) groups excluding carboxylic acids is 1. The molecule has 2 rings (SSSR count). The van der Waals surface area contributed by atoms with Crippen LogP contribution in [0.15, 0.2) is 22.7 Å². The van der Waals surface area contributed by atoms with Gasteiger partial charge in [0, 0.05) is 29.4 Å². The second-order valence-corrected chi connectivity index (χ2v) is 4.67. The Labute approximate surface area is 106 Å². The van der Waals surface area contributed by atoms with Gasteiger partial charge in [0.15, 0.2) is 0 Å². The van der Waals surface area contributed by atoms with Crippen LogP contribution in [0.5, 0.6) is 0 Å². The molecule has 5 nitrogen and oxygen atoms in total. The minimum Gasteiger partial charge on any atom is -0.373 e. The molecule has 1 heterocycles. The van der Waals surface area contributed by atoms with E-state index in [2.05, 4.69) is 15.9 Å². The maximum Gasteiger partial charge on any atom is 0.270 e. The average molecular weight is 300 g/mol. The topological polar surface area (TPSA) is 69.4 Å². The molecule has 1 unspecified atom stereocenters. The van der Waals surface area contributed by atoms with Crippen LogP contribution in [0.3, 0.4) is 0 Å². The Bertz CT molecular complexity index is 475. The molecular formula is C11H10BrNO4. The molecule has 0 aliphatic carbocycles. The zero-order chi connectivity index (χ0) is 12.4. The van der Waals surface area contributed by atoms with Gasteiger partial charge in [-0.2, -0.15) is 0 Å². The molecular weight excluding hydrogens is 290 g/mol. The number of nitro benzene ring substituents is 1. The fourth-order valence-electron chi connectivity index (χ4n) is 1.77. The molecule has 1 saturated heterocycles. The summed E-state index contributed by atoms with van der Waals surface area (Å²) in [4.78, 5) is 21.5. The van der Waals surface area contributed by atoms with E-state index in [9.17, 15) is 14.9 Å². The number of carbonyl (C=O) groups is 1. The van der Waals surface area contributed by atoms with E-state index in [1.807, 2.05) is 0 Å². The summed E-state index contributed by atoms with van der Waals surface area (Å²) in [6.45, 7) is 0.410. The zero-order valence-electron chi connectivity index (χ0n) is 8.89. The second kappa shape index (κ2) is 4.93. The van der Waals surface area contributed by atoms with Crippen molar-refractivity contribution >= 4 is 27.4 Å². The summed E-state index contributed by atoms with van der Waals surface area (Å²) in [6, 6.07) is 4.48. The van der Waals surface area contributed by atoms with E-state index in [1.165, 1.54) is 12.1 Å². The van der Waals surface area contributed by atoms with E-state index in [1.54, 1.807) is 6.07 Å². The molecule has 0 spiro atoms. The molecule has 6 heteroatoms. The number of Topliss-reactive ketones (excluding diaryl/α,β-unsaturated/α-hetero) is 1. The first-order valence-corrected chi connectivity index (χ1v) is 5.94. The van der Waals surface area contributed by atoms with Crippen molar-refractivity contribution in [1.82, 2.24) is 0 Å². The number of hydrogen-bond acceptors (Lipinski definition) is 4. The highest BCUT2D eigenvalue weighted by Crippen LogP contribution is 2.33. The van der Waals surface area contributed by atoms with Crippen LogP contribution in [-0.4, -0.2) is 17.3 Å². The molecule has 17 heavy (non-hydrogen) atoms. The van der Waals surface area contributed by atoms with Gasteiger partial charge in [-0.25, -0.2) is 0 Å². The van der Waals surface area contributed by atoms with Crippen molar-refractivity contribution in [2.45, 2.75) is 18.9 Å². The molecule has 90 valence electrons. The molecule has 0 saturated carbocycles. The second-order valence-electron chi connectivity index (χ2n) is 3.82. The van der Waals surface area contributed by atoms with Crippen molar-refractivity contribution in [2.24, 2.45) is 0 Å². The molecule has 1 aliphatic heterocycles. The van der Waals surface area contributed by atoms with Gasteiger partial charge in [-0.15, -0.1) is 0 Å². The SMILES string of the molecule is O=C1CCOC(c2ccc([N+](=O)[O-])cc2Br)C1. The number of nitro groups is 1. The van der Waals surface area contributed by atoms with E-state index < -0.39 is 4.92 Å². The Balaban J connectivity index is 2.26. The zero-order valence-corrected chi connectivity index (χ0v) is 10.5. The lowest BCUT2D eigenvalue weighted by Gasteiger charge is -2.22. The third-order valence-electron chi connectivity index (χ3n) is 2.65. The molecule has 1 atom stereocenters. The quantitative estimate of drug-likeness (QED) is 0.622.